The number of benzene rings is 1. The van der Waals surface area contributed by atoms with Crippen molar-refractivity contribution in [3.63, 3.8) is 0 Å². The fourth-order valence-corrected chi connectivity index (χ4v) is 0.902. The number of carbonyl (C=O) groups excluding carboxylic acids is 1. The third-order valence-corrected chi connectivity index (χ3v) is 1.48. The Kier molecular flexibility index (Phi) is 3.65. The van der Waals surface area contributed by atoms with Crippen LogP contribution in [-0.2, 0) is 4.79 Å². The molecule has 0 N–H and O–H groups in total. The summed E-state index contributed by atoms with van der Waals surface area (Å²) < 4.78 is 5.37. The van der Waals surface area contributed by atoms with Crippen molar-refractivity contribution in [1.29, 1.82) is 0 Å². The minimum absolute atomic E-state index is 0.467. The highest BCUT2D eigenvalue weighted by molar-refractivity contribution is 5.51. The number of aliphatic imine (C=N–C) groups is 1. The van der Waals surface area contributed by atoms with Crippen LogP contribution in [-0.4, -0.2) is 12.7 Å². The van der Waals surface area contributed by atoms with Crippen molar-refractivity contribution in [1.82, 2.24) is 0 Å². The summed E-state index contributed by atoms with van der Waals surface area (Å²) >= 11 is 0. The number of ether oxygens (including phenoxy) is 1. The van der Waals surface area contributed by atoms with Crippen LogP contribution >= 0.6 is 0 Å². The Morgan fingerprint density at radius 1 is 1.64 bits per heavy atom. The van der Waals surface area contributed by atoms with E-state index in [0.29, 0.717) is 18.0 Å². The van der Waals surface area contributed by atoms with Crippen LogP contribution in [0, 0.1) is 0 Å². The second-order valence-corrected chi connectivity index (χ2v) is 2.95. The van der Waals surface area contributed by atoms with Crippen molar-refractivity contribution in [2.75, 3.05) is 6.61 Å². The third kappa shape index (κ3) is 3.25. The number of rotatable bonds is 4. The van der Waals surface area contributed by atoms with Crippen molar-refractivity contribution in [2.45, 2.75) is 6.92 Å². The highest BCUT2D eigenvalue weighted by Crippen LogP contribution is 2.19. The Hall–Kier alpha value is -1.86. The lowest BCUT2D eigenvalue weighted by atomic mass is 10.3. The minimum Gasteiger partial charge on any atom is -0.489 e. The molecule has 0 radical (unpaired) electrons. The normalized spacial score (nSPS) is 8.93. The molecule has 0 unspecified atom stereocenters. The van der Waals surface area contributed by atoms with Crippen LogP contribution in [0.4, 0.5) is 5.69 Å². The van der Waals surface area contributed by atoms with Crippen LogP contribution in [0.3, 0.4) is 0 Å². The number of hydrogen-bond acceptors (Lipinski definition) is 3. The fourth-order valence-electron chi connectivity index (χ4n) is 0.902. The van der Waals surface area contributed by atoms with Gasteiger partial charge >= 0.3 is 0 Å². The molecule has 0 spiro atoms. The van der Waals surface area contributed by atoms with Gasteiger partial charge in [0, 0.05) is 6.07 Å². The smallest absolute Gasteiger partial charge is 0.240 e. The van der Waals surface area contributed by atoms with E-state index in [2.05, 4.69) is 11.6 Å². The Balaban J connectivity index is 2.73. The zero-order valence-corrected chi connectivity index (χ0v) is 7.99. The summed E-state index contributed by atoms with van der Waals surface area (Å²) in [6, 6.07) is 6.95. The van der Waals surface area contributed by atoms with E-state index in [1.54, 1.807) is 24.3 Å². The van der Waals surface area contributed by atoms with E-state index in [1.165, 1.54) is 6.08 Å². The lowest BCUT2D eigenvalue weighted by Gasteiger charge is -2.05. The first-order valence-corrected chi connectivity index (χ1v) is 4.17. The van der Waals surface area contributed by atoms with Gasteiger partial charge in [-0.3, -0.25) is 0 Å². The largest absolute Gasteiger partial charge is 0.489 e. The van der Waals surface area contributed by atoms with E-state index in [9.17, 15) is 4.79 Å². The molecule has 0 atom stereocenters. The number of nitrogens with zero attached hydrogens (tertiary/aromatic N) is 1. The number of hydrogen-bond donors (Lipinski definition) is 0. The van der Waals surface area contributed by atoms with Gasteiger partial charge in [-0.25, -0.2) is 4.79 Å². The van der Waals surface area contributed by atoms with Crippen molar-refractivity contribution >= 4 is 11.8 Å². The molecule has 0 aliphatic heterocycles. The standard InChI is InChI=1S/C11H11NO2/c1-9(2)7-14-11-5-3-4-10(6-11)12-8-13/h3-6H,1,7H2,2H3. The quantitative estimate of drug-likeness (QED) is 0.415. The Morgan fingerprint density at radius 2 is 2.43 bits per heavy atom. The lowest BCUT2D eigenvalue weighted by Crippen LogP contribution is -1.96. The average molecular weight is 189 g/mol. The molecule has 0 aliphatic rings. The van der Waals surface area contributed by atoms with E-state index in [0.717, 1.165) is 5.57 Å². The first kappa shape index (κ1) is 10.2. The van der Waals surface area contributed by atoms with E-state index in [-0.39, 0.29) is 0 Å². The molecule has 3 heteroatoms. The van der Waals surface area contributed by atoms with Crippen LogP contribution in [0.2, 0.25) is 0 Å². The van der Waals surface area contributed by atoms with E-state index >= 15 is 0 Å². The van der Waals surface area contributed by atoms with Gasteiger partial charge in [-0.1, -0.05) is 12.6 Å². The second kappa shape index (κ2) is 5.00. The molecule has 0 aliphatic carbocycles. The summed E-state index contributed by atoms with van der Waals surface area (Å²) in [5.74, 6) is 0.671. The van der Waals surface area contributed by atoms with Crippen LogP contribution in [0.25, 0.3) is 0 Å². The molecule has 0 saturated carbocycles. The lowest BCUT2D eigenvalue weighted by molar-refractivity contribution is 0.353. The molecule has 0 saturated heterocycles. The molecule has 0 bridgehead atoms. The van der Waals surface area contributed by atoms with E-state index in [1.807, 2.05) is 6.92 Å². The number of isocyanates is 1. The summed E-state index contributed by atoms with van der Waals surface area (Å²) in [6.45, 7) is 6.07. The monoisotopic (exact) mass is 189 g/mol. The Bertz CT molecular complexity index is 379. The van der Waals surface area contributed by atoms with Gasteiger partial charge in [0.05, 0.1) is 5.69 Å². The fraction of sp³-hybridized carbons (Fsp3) is 0.182. The molecule has 0 fully saturated rings. The third-order valence-electron chi connectivity index (χ3n) is 1.48. The molecule has 1 aromatic carbocycles. The predicted octanol–water partition coefficient (Wildman–Crippen LogP) is 2.61. The van der Waals surface area contributed by atoms with Crippen molar-refractivity contribution in [3.05, 3.63) is 36.4 Å². The molecular formula is C11H11NO2. The van der Waals surface area contributed by atoms with Crippen LogP contribution in [0.5, 0.6) is 5.75 Å². The van der Waals surface area contributed by atoms with Crippen LogP contribution in [0.15, 0.2) is 41.4 Å². The molecule has 0 amide bonds. The van der Waals surface area contributed by atoms with E-state index < -0.39 is 0 Å². The molecule has 14 heavy (non-hydrogen) atoms. The summed E-state index contributed by atoms with van der Waals surface area (Å²) in [5, 5.41) is 0. The maximum atomic E-state index is 10.0. The van der Waals surface area contributed by atoms with Crippen molar-refractivity contribution in [2.24, 2.45) is 4.99 Å². The molecule has 0 heterocycles. The summed E-state index contributed by atoms with van der Waals surface area (Å²) in [6.07, 6.45) is 1.48. The summed E-state index contributed by atoms with van der Waals surface area (Å²) in [7, 11) is 0. The van der Waals surface area contributed by atoms with Gasteiger partial charge in [0.1, 0.15) is 12.4 Å². The molecule has 3 nitrogen and oxygen atoms in total. The topological polar surface area (TPSA) is 38.7 Å². The van der Waals surface area contributed by atoms with Gasteiger partial charge in [0.2, 0.25) is 6.08 Å². The maximum absolute atomic E-state index is 10.0. The summed E-state index contributed by atoms with van der Waals surface area (Å²) in [5.41, 5.74) is 1.48. The minimum atomic E-state index is 0.467. The van der Waals surface area contributed by atoms with Gasteiger partial charge in [-0.2, -0.15) is 4.99 Å². The first-order valence-electron chi connectivity index (χ1n) is 4.17. The molecule has 1 rings (SSSR count). The van der Waals surface area contributed by atoms with Crippen molar-refractivity contribution < 1.29 is 9.53 Å². The van der Waals surface area contributed by atoms with Crippen molar-refractivity contribution in [3.8, 4) is 5.75 Å². The van der Waals surface area contributed by atoms with Gasteiger partial charge < -0.3 is 4.74 Å². The van der Waals surface area contributed by atoms with E-state index in [4.69, 9.17) is 4.74 Å². The Labute approximate surface area is 82.7 Å². The SMILES string of the molecule is C=C(C)COc1cccc(N=C=O)c1. The predicted molar refractivity (Wildman–Crippen MR) is 54.5 cm³/mol. The van der Waals surface area contributed by atoms with Crippen LogP contribution < -0.4 is 4.74 Å². The van der Waals surface area contributed by atoms with Gasteiger partial charge in [0.25, 0.3) is 0 Å². The first-order chi connectivity index (χ1) is 6.72. The molecule has 72 valence electrons. The Morgan fingerprint density at radius 3 is 3.07 bits per heavy atom. The zero-order valence-electron chi connectivity index (χ0n) is 7.99. The molecular weight excluding hydrogens is 178 g/mol. The average Bonchev–Trinajstić information content (AvgIpc) is 2.16. The second-order valence-electron chi connectivity index (χ2n) is 2.95. The van der Waals surface area contributed by atoms with Gasteiger partial charge in [-0.05, 0) is 24.6 Å². The van der Waals surface area contributed by atoms with Gasteiger partial charge in [-0.15, -0.1) is 0 Å². The molecule has 1 aromatic rings. The van der Waals surface area contributed by atoms with Gasteiger partial charge in [0.15, 0.2) is 0 Å². The summed E-state index contributed by atoms with van der Waals surface area (Å²) in [4.78, 5) is 13.5. The zero-order chi connectivity index (χ0) is 10.4. The van der Waals surface area contributed by atoms with Crippen LogP contribution in [0.1, 0.15) is 6.92 Å². The highest BCUT2D eigenvalue weighted by atomic mass is 16.5. The highest BCUT2D eigenvalue weighted by Gasteiger charge is 1.95. The maximum Gasteiger partial charge on any atom is 0.240 e. The molecule has 0 aromatic heterocycles.